The van der Waals surface area contributed by atoms with Crippen LogP contribution < -0.4 is 9.61 Å². The lowest BCUT2D eigenvalue weighted by atomic mass is 10.3. The fraction of sp³-hybridized carbons (Fsp3) is 0.250. The maximum atomic E-state index is 12.2. The monoisotopic (exact) mass is 285 g/mol. The minimum atomic E-state index is -3.71. The SMILES string of the molecule is C=C(NP(=O)(OC)Oc1ccccc1)C(=O)OCC. The smallest absolute Gasteiger partial charge is 0.461 e. The first kappa shape index (κ1) is 15.3. The highest BCUT2D eigenvalue weighted by Crippen LogP contribution is 2.44. The fourth-order valence-electron chi connectivity index (χ4n) is 1.16. The minimum absolute atomic E-state index is 0.191. The molecule has 1 rings (SSSR count). The maximum absolute atomic E-state index is 12.2. The van der Waals surface area contributed by atoms with Gasteiger partial charge in [0.2, 0.25) is 0 Å². The van der Waals surface area contributed by atoms with Crippen molar-refractivity contribution >= 4 is 13.7 Å². The van der Waals surface area contributed by atoms with Gasteiger partial charge in [0.05, 0.1) is 6.61 Å². The number of carbonyl (C=O) groups excluding carboxylic acids is 1. The molecule has 1 N–H and O–H groups in total. The molecule has 0 saturated carbocycles. The summed E-state index contributed by atoms with van der Waals surface area (Å²) in [6.45, 7) is 5.28. The topological polar surface area (TPSA) is 73.9 Å². The molecule has 0 fully saturated rings. The molecule has 1 aromatic rings. The first-order chi connectivity index (χ1) is 9.00. The molecule has 0 aliphatic rings. The van der Waals surface area contributed by atoms with Gasteiger partial charge in [0.25, 0.3) is 0 Å². The van der Waals surface area contributed by atoms with Crippen LogP contribution in [0.15, 0.2) is 42.6 Å². The lowest BCUT2D eigenvalue weighted by molar-refractivity contribution is -0.138. The standard InChI is InChI=1S/C12H16NO5P/c1-4-17-12(14)10(2)13-19(15,16-3)18-11-8-6-5-7-9-11/h5-9H,2,4H2,1,3H3,(H,13,15). The molecule has 6 nitrogen and oxygen atoms in total. The van der Waals surface area contributed by atoms with E-state index in [0.29, 0.717) is 5.75 Å². The molecule has 0 aromatic heterocycles. The third-order valence-electron chi connectivity index (χ3n) is 2.00. The highest BCUT2D eigenvalue weighted by atomic mass is 31.2. The summed E-state index contributed by atoms with van der Waals surface area (Å²) in [7, 11) is -2.50. The first-order valence-corrected chi connectivity index (χ1v) is 7.09. The van der Waals surface area contributed by atoms with Crippen molar-refractivity contribution < 1.29 is 23.1 Å². The Kier molecular flexibility index (Phi) is 5.60. The molecule has 19 heavy (non-hydrogen) atoms. The predicted molar refractivity (Wildman–Crippen MR) is 70.6 cm³/mol. The van der Waals surface area contributed by atoms with Gasteiger partial charge in [-0.1, -0.05) is 24.8 Å². The fourth-order valence-corrected chi connectivity index (χ4v) is 2.19. The molecule has 0 aliphatic heterocycles. The zero-order valence-electron chi connectivity index (χ0n) is 10.8. The van der Waals surface area contributed by atoms with Crippen molar-refractivity contribution in [2.45, 2.75) is 6.92 Å². The van der Waals surface area contributed by atoms with Gasteiger partial charge in [-0.2, -0.15) is 0 Å². The molecule has 1 unspecified atom stereocenters. The quantitative estimate of drug-likeness (QED) is 0.471. The Morgan fingerprint density at radius 2 is 2.00 bits per heavy atom. The Morgan fingerprint density at radius 1 is 1.37 bits per heavy atom. The molecule has 0 aliphatic carbocycles. The van der Waals surface area contributed by atoms with Gasteiger partial charge in [0.15, 0.2) is 0 Å². The summed E-state index contributed by atoms with van der Waals surface area (Å²) in [5.41, 5.74) is -0.192. The van der Waals surface area contributed by atoms with Crippen LogP contribution in [0.1, 0.15) is 6.92 Å². The van der Waals surface area contributed by atoms with Crippen LogP contribution in [0.5, 0.6) is 5.75 Å². The van der Waals surface area contributed by atoms with Crippen LogP contribution in [0.4, 0.5) is 0 Å². The van der Waals surface area contributed by atoms with Crippen LogP contribution in [-0.4, -0.2) is 19.7 Å². The van der Waals surface area contributed by atoms with Crippen molar-refractivity contribution in [3.8, 4) is 5.75 Å². The summed E-state index contributed by atoms with van der Waals surface area (Å²) in [5, 5.41) is 2.32. The van der Waals surface area contributed by atoms with Crippen molar-refractivity contribution in [2.75, 3.05) is 13.7 Å². The second-order valence-electron chi connectivity index (χ2n) is 3.40. The number of hydrogen-bond acceptors (Lipinski definition) is 5. The molecular weight excluding hydrogens is 269 g/mol. The molecule has 7 heteroatoms. The number of nitrogens with one attached hydrogen (secondary N) is 1. The molecule has 0 saturated heterocycles. The van der Waals surface area contributed by atoms with E-state index in [0.717, 1.165) is 0 Å². The van der Waals surface area contributed by atoms with E-state index in [2.05, 4.69) is 11.7 Å². The number of para-hydroxylation sites is 1. The highest BCUT2D eigenvalue weighted by Gasteiger charge is 2.28. The van der Waals surface area contributed by atoms with Gasteiger partial charge < -0.3 is 9.26 Å². The molecule has 0 spiro atoms. The van der Waals surface area contributed by atoms with Crippen LogP contribution in [-0.2, 0) is 18.6 Å². The van der Waals surface area contributed by atoms with Crippen molar-refractivity contribution in [1.29, 1.82) is 0 Å². The third kappa shape index (κ3) is 4.77. The van der Waals surface area contributed by atoms with E-state index >= 15 is 0 Å². The van der Waals surface area contributed by atoms with E-state index < -0.39 is 13.7 Å². The Morgan fingerprint density at radius 3 is 2.53 bits per heavy atom. The van der Waals surface area contributed by atoms with E-state index in [4.69, 9.17) is 13.8 Å². The van der Waals surface area contributed by atoms with Crippen molar-refractivity contribution in [1.82, 2.24) is 5.09 Å². The number of benzene rings is 1. The normalized spacial score (nSPS) is 13.2. The summed E-state index contributed by atoms with van der Waals surface area (Å²) in [6, 6.07) is 8.45. The molecule has 1 aromatic carbocycles. The van der Waals surface area contributed by atoms with Crippen molar-refractivity contribution in [2.24, 2.45) is 0 Å². The Hall–Kier alpha value is -1.78. The zero-order chi connectivity index (χ0) is 14.3. The maximum Gasteiger partial charge on any atom is 0.486 e. The Bertz CT molecular complexity index is 488. The van der Waals surface area contributed by atoms with E-state index in [1.54, 1.807) is 37.3 Å². The number of ether oxygens (including phenoxy) is 1. The van der Waals surface area contributed by atoms with E-state index in [1.165, 1.54) is 7.11 Å². The number of carbonyl (C=O) groups is 1. The average molecular weight is 285 g/mol. The number of esters is 1. The lowest BCUT2D eigenvalue weighted by Crippen LogP contribution is -2.22. The second-order valence-corrected chi connectivity index (χ2v) is 5.16. The van der Waals surface area contributed by atoms with Gasteiger partial charge in [0, 0.05) is 7.11 Å². The summed E-state index contributed by atoms with van der Waals surface area (Å²) < 4.78 is 27.0. The summed E-state index contributed by atoms with van der Waals surface area (Å²) >= 11 is 0. The van der Waals surface area contributed by atoms with E-state index in [1.807, 2.05) is 0 Å². The van der Waals surface area contributed by atoms with Gasteiger partial charge in [-0.25, -0.2) is 9.36 Å². The van der Waals surface area contributed by atoms with Crippen LogP contribution in [0.25, 0.3) is 0 Å². The molecule has 1 atom stereocenters. The second kappa shape index (κ2) is 6.97. The molecular formula is C12H16NO5P. The summed E-state index contributed by atoms with van der Waals surface area (Å²) in [6.07, 6.45) is 0. The van der Waals surface area contributed by atoms with Gasteiger partial charge in [0.1, 0.15) is 11.4 Å². The van der Waals surface area contributed by atoms with Gasteiger partial charge >= 0.3 is 13.7 Å². The van der Waals surface area contributed by atoms with E-state index in [9.17, 15) is 9.36 Å². The Balaban J connectivity index is 2.73. The Labute approximate surface area is 112 Å². The summed E-state index contributed by atoms with van der Waals surface area (Å²) in [4.78, 5) is 11.4. The summed E-state index contributed by atoms with van der Waals surface area (Å²) in [5.74, 6) is -0.367. The number of rotatable bonds is 7. The van der Waals surface area contributed by atoms with Gasteiger partial charge in [-0.3, -0.25) is 9.61 Å². The first-order valence-electron chi connectivity index (χ1n) is 5.55. The largest absolute Gasteiger partial charge is 0.486 e. The number of hydrogen-bond donors (Lipinski definition) is 1. The van der Waals surface area contributed by atoms with Gasteiger partial charge in [-0.05, 0) is 19.1 Å². The van der Waals surface area contributed by atoms with Crippen LogP contribution >= 0.6 is 7.75 Å². The van der Waals surface area contributed by atoms with Crippen LogP contribution in [0, 0.1) is 0 Å². The molecule has 0 bridgehead atoms. The molecule has 0 amide bonds. The minimum Gasteiger partial charge on any atom is -0.461 e. The van der Waals surface area contributed by atoms with Crippen molar-refractivity contribution in [3.63, 3.8) is 0 Å². The molecule has 0 radical (unpaired) electrons. The average Bonchev–Trinajstić information content (AvgIpc) is 2.40. The highest BCUT2D eigenvalue weighted by molar-refractivity contribution is 7.52. The van der Waals surface area contributed by atoms with Crippen LogP contribution in [0.2, 0.25) is 0 Å². The third-order valence-corrected chi connectivity index (χ3v) is 3.48. The predicted octanol–water partition coefficient (Wildman–Crippen LogP) is 2.49. The lowest BCUT2D eigenvalue weighted by Gasteiger charge is -2.19. The van der Waals surface area contributed by atoms with Crippen molar-refractivity contribution in [3.05, 3.63) is 42.6 Å². The van der Waals surface area contributed by atoms with Crippen LogP contribution in [0.3, 0.4) is 0 Å². The van der Waals surface area contributed by atoms with Gasteiger partial charge in [-0.15, -0.1) is 0 Å². The van der Waals surface area contributed by atoms with E-state index in [-0.39, 0.29) is 12.3 Å². The molecule has 0 heterocycles. The zero-order valence-corrected chi connectivity index (χ0v) is 11.7. The molecule has 104 valence electrons.